The van der Waals surface area contributed by atoms with Crippen LogP contribution in [0, 0.1) is 5.92 Å². The number of benzene rings is 1. The highest BCUT2D eigenvalue weighted by Crippen LogP contribution is 2.28. The molecule has 2 rings (SSSR count). The van der Waals surface area contributed by atoms with Gasteiger partial charge in [-0.15, -0.1) is 0 Å². The fraction of sp³-hybridized carbons (Fsp3) is 0.533. The predicted octanol–water partition coefficient (Wildman–Crippen LogP) is 2.64. The Morgan fingerprint density at radius 1 is 1.42 bits per heavy atom. The minimum atomic E-state index is -0.705. The molecule has 1 aliphatic heterocycles. The smallest absolute Gasteiger partial charge is 0.303 e. The Hall–Kier alpha value is -1.55. The largest absolute Gasteiger partial charge is 0.508 e. The molecule has 1 aromatic rings. The molecular weight excluding hydrogens is 242 g/mol. The highest BCUT2D eigenvalue weighted by atomic mass is 16.4. The third-order valence-electron chi connectivity index (χ3n) is 3.94. The Labute approximate surface area is 113 Å². The summed E-state index contributed by atoms with van der Waals surface area (Å²) in [6.45, 7) is 3.99. The van der Waals surface area contributed by atoms with E-state index >= 15 is 0 Å². The van der Waals surface area contributed by atoms with E-state index < -0.39 is 5.97 Å². The van der Waals surface area contributed by atoms with Gasteiger partial charge in [-0.05, 0) is 49.9 Å². The zero-order valence-electron chi connectivity index (χ0n) is 11.2. The van der Waals surface area contributed by atoms with Crippen LogP contribution in [0.3, 0.4) is 0 Å². The number of rotatable bonds is 4. The van der Waals surface area contributed by atoms with Gasteiger partial charge in [0.05, 0.1) is 0 Å². The van der Waals surface area contributed by atoms with E-state index in [1.807, 2.05) is 12.1 Å². The molecule has 1 aliphatic rings. The molecule has 0 aromatic heterocycles. The predicted molar refractivity (Wildman–Crippen MR) is 73.1 cm³/mol. The minimum Gasteiger partial charge on any atom is -0.508 e. The van der Waals surface area contributed by atoms with Crippen molar-refractivity contribution in [3.63, 3.8) is 0 Å². The van der Waals surface area contributed by atoms with Crippen molar-refractivity contribution in [3.8, 4) is 5.75 Å². The Bertz CT molecular complexity index is 430. The summed E-state index contributed by atoms with van der Waals surface area (Å²) in [5.74, 6) is -0.173. The fourth-order valence-corrected chi connectivity index (χ4v) is 2.83. The summed E-state index contributed by atoms with van der Waals surface area (Å²) < 4.78 is 0. The molecule has 104 valence electrons. The Balaban J connectivity index is 2.00. The number of aromatic hydroxyl groups is 1. The monoisotopic (exact) mass is 263 g/mol. The van der Waals surface area contributed by atoms with Crippen LogP contribution in [0.25, 0.3) is 0 Å². The standard InChI is InChI=1S/C15H21NO3/c1-11(13-4-6-14(17)7-5-13)16-8-2-3-12(10-16)9-15(18)19/h4-7,11-12,17H,2-3,8-10H2,1H3,(H,18,19). The molecule has 0 amide bonds. The number of carboxylic acids is 1. The van der Waals surface area contributed by atoms with Gasteiger partial charge in [0.2, 0.25) is 0 Å². The molecule has 0 bridgehead atoms. The van der Waals surface area contributed by atoms with Gasteiger partial charge in [0.1, 0.15) is 5.75 Å². The van der Waals surface area contributed by atoms with Crippen LogP contribution in [0.1, 0.15) is 37.8 Å². The summed E-state index contributed by atoms with van der Waals surface area (Å²) in [6.07, 6.45) is 2.32. The van der Waals surface area contributed by atoms with Crippen LogP contribution in [-0.4, -0.2) is 34.2 Å². The first-order chi connectivity index (χ1) is 9.06. The van der Waals surface area contributed by atoms with Crippen LogP contribution >= 0.6 is 0 Å². The van der Waals surface area contributed by atoms with E-state index in [1.165, 1.54) is 0 Å². The van der Waals surface area contributed by atoms with Crippen LogP contribution in [0.4, 0.5) is 0 Å². The number of phenols is 1. The summed E-state index contributed by atoms with van der Waals surface area (Å²) in [4.78, 5) is 13.1. The molecule has 4 nitrogen and oxygen atoms in total. The first kappa shape index (κ1) is 13.9. The first-order valence-electron chi connectivity index (χ1n) is 6.81. The Morgan fingerprint density at radius 2 is 2.11 bits per heavy atom. The Morgan fingerprint density at radius 3 is 2.74 bits per heavy atom. The zero-order chi connectivity index (χ0) is 13.8. The van der Waals surface area contributed by atoms with Crippen molar-refractivity contribution >= 4 is 5.97 Å². The highest BCUT2D eigenvalue weighted by molar-refractivity contribution is 5.67. The second-order valence-corrected chi connectivity index (χ2v) is 5.37. The SMILES string of the molecule is CC(c1ccc(O)cc1)N1CCCC(CC(=O)O)C1. The quantitative estimate of drug-likeness (QED) is 0.876. The summed E-state index contributed by atoms with van der Waals surface area (Å²) in [5, 5.41) is 18.2. The van der Waals surface area contributed by atoms with Gasteiger partial charge >= 0.3 is 5.97 Å². The second kappa shape index (κ2) is 6.06. The highest BCUT2D eigenvalue weighted by Gasteiger charge is 2.25. The average molecular weight is 263 g/mol. The summed E-state index contributed by atoms with van der Waals surface area (Å²) in [5.41, 5.74) is 1.16. The van der Waals surface area contributed by atoms with Gasteiger partial charge in [-0.2, -0.15) is 0 Å². The Kier molecular flexibility index (Phi) is 4.43. The van der Waals surface area contributed by atoms with Crippen molar-refractivity contribution in [2.24, 2.45) is 5.92 Å². The van der Waals surface area contributed by atoms with Gasteiger partial charge in [-0.25, -0.2) is 0 Å². The first-order valence-corrected chi connectivity index (χ1v) is 6.81. The van der Waals surface area contributed by atoms with Gasteiger partial charge in [0, 0.05) is 19.0 Å². The number of carbonyl (C=O) groups is 1. The zero-order valence-corrected chi connectivity index (χ0v) is 11.2. The maximum atomic E-state index is 10.8. The molecule has 0 spiro atoms. The number of phenolic OH excluding ortho intramolecular Hbond substituents is 1. The normalized spacial score (nSPS) is 22.1. The molecule has 0 aliphatic carbocycles. The van der Waals surface area contributed by atoms with Crippen LogP contribution < -0.4 is 0 Å². The number of likely N-dealkylation sites (tertiary alicyclic amines) is 1. The molecule has 19 heavy (non-hydrogen) atoms. The van der Waals surface area contributed by atoms with Gasteiger partial charge in [0.15, 0.2) is 0 Å². The lowest BCUT2D eigenvalue weighted by atomic mass is 9.93. The number of hydrogen-bond acceptors (Lipinski definition) is 3. The summed E-state index contributed by atoms with van der Waals surface area (Å²) in [6, 6.07) is 7.52. The van der Waals surface area contributed by atoms with Crippen molar-refractivity contribution in [1.82, 2.24) is 4.90 Å². The van der Waals surface area contributed by atoms with Crippen molar-refractivity contribution in [2.45, 2.75) is 32.2 Å². The maximum Gasteiger partial charge on any atom is 0.303 e. The molecular formula is C15H21NO3. The molecule has 1 fully saturated rings. The molecule has 2 atom stereocenters. The molecule has 1 saturated heterocycles. The molecule has 2 unspecified atom stereocenters. The molecule has 2 N–H and O–H groups in total. The van der Waals surface area contributed by atoms with Gasteiger partial charge in [0.25, 0.3) is 0 Å². The number of nitrogens with zero attached hydrogens (tertiary/aromatic N) is 1. The number of carboxylic acid groups (broad SMARTS) is 1. The fourth-order valence-electron chi connectivity index (χ4n) is 2.83. The molecule has 0 saturated carbocycles. The third kappa shape index (κ3) is 3.70. The maximum absolute atomic E-state index is 10.8. The number of aliphatic carboxylic acids is 1. The average Bonchev–Trinajstić information content (AvgIpc) is 2.38. The summed E-state index contributed by atoms with van der Waals surface area (Å²) >= 11 is 0. The van der Waals surface area contributed by atoms with E-state index in [4.69, 9.17) is 5.11 Å². The van der Waals surface area contributed by atoms with E-state index in [2.05, 4.69) is 11.8 Å². The summed E-state index contributed by atoms with van der Waals surface area (Å²) in [7, 11) is 0. The van der Waals surface area contributed by atoms with Crippen molar-refractivity contribution < 1.29 is 15.0 Å². The van der Waals surface area contributed by atoms with E-state index in [0.717, 1.165) is 31.5 Å². The van der Waals surface area contributed by atoms with Crippen molar-refractivity contribution in [3.05, 3.63) is 29.8 Å². The number of piperidine rings is 1. The molecule has 0 radical (unpaired) electrons. The second-order valence-electron chi connectivity index (χ2n) is 5.37. The van der Waals surface area contributed by atoms with Gasteiger partial charge in [-0.3, -0.25) is 9.69 Å². The van der Waals surface area contributed by atoms with E-state index in [0.29, 0.717) is 0 Å². The van der Waals surface area contributed by atoms with Crippen molar-refractivity contribution in [1.29, 1.82) is 0 Å². The molecule has 1 aromatic carbocycles. The lowest BCUT2D eigenvalue weighted by molar-refractivity contribution is -0.138. The minimum absolute atomic E-state index is 0.255. The van der Waals surface area contributed by atoms with Gasteiger partial charge in [-0.1, -0.05) is 12.1 Å². The van der Waals surface area contributed by atoms with E-state index in [-0.39, 0.29) is 24.1 Å². The van der Waals surface area contributed by atoms with Crippen LogP contribution in [0.2, 0.25) is 0 Å². The van der Waals surface area contributed by atoms with Crippen LogP contribution in [0.15, 0.2) is 24.3 Å². The van der Waals surface area contributed by atoms with Crippen LogP contribution in [-0.2, 0) is 4.79 Å². The molecule has 4 heteroatoms. The van der Waals surface area contributed by atoms with Crippen molar-refractivity contribution in [2.75, 3.05) is 13.1 Å². The van der Waals surface area contributed by atoms with Crippen LogP contribution in [0.5, 0.6) is 5.75 Å². The lowest BCUT2D eigenvalue weighted by Gasteiger charge is -2.36. The molecule has 1 heterocycles. The topological polar surface area (TPSA) is 60.8 Å². The lowest BCUT2D eigenvalue weighted by Crippen LogP contribution is -2.37. The van der Waals surface area contributed by atoms with E-state index in [9.17, 15) is 9.90 Å². The third-order valence-corrected chi connectivity index (χ3v) is 3.94. The number of hydrogen-bond donors (Lipinski definition) is 2. The van der Waals surface area contributed by atoms with Gasteiger partial charge < -0.3 is 10.2 Å². The van der Waals surface area contributed by atoms with E-state index in [1.54, 1.807) is 12.1 Å².